The number of aromatic nitrogens is 1. The number of benzene rings is 1. The van der Waals surface area contributed by atoms with Gasteiger partial charge in [-0.1, -0.05) is 48.5 Å². The normalized spacial score (nSPS) is 26.3. The summed E-state index contributed by atoms with van der Waals surface area (Å²) in [5.41, 5.74) is 2.24. The Labute approximate surface area is 145 Å². The Morgan fingerprint density at radius 1 is 1.26 bits per heavy atom. The number of aliphatic imine (C=N–C) groups is 1. The number of halogens is 1. The molecular weight excluding hydrogens is 326 g/mol. The second-order valence-electron chi connectivity index (χ2n) is 5.89. The third kappa shape index (κ3) is 2.64. The van der Waals surface area contributed by atoms with Gasteiger partial charge in [-0.15, -0.1) is 0 Å². The Kier molecular flexibility index (Phi) is 4.04. The number of amidine groups is 1. The zero-order valence-electron chi connectivity index (χ0n) is 12.9. The fourth-order valence-corrected chi connectivity index (χ4v) is 4.94. The summed E-state index contributed by atoms with van der Waals surface area (Å²) in [7, 11) is 0. The van der Waals surface area contributed by atoms with Gasteiger partial charge in [0.1, 0.15) is 6.04 Å². The predicted molar refractivity (Wildman–Crippen MR) is 97.0 cm³/mol. The number of hydrogen-bond acceptors (Lipinski definition) is 4. The van der Waals surface area contributed by atoms with Gasteiger partial charge in [-0.3, -0.25) is 9.98 Å². The van der Waals surface area contributed by atoms with Crippen LogP contribution in [0.2, 0.25) is 5.02 Å². The minimum atomic E-state index is 0.0338. The number of rotatable bonds is 3. The molecule has 4 rings (SSSR count). The molecule has 5 heteroatoms. The Morgan fingerprint density at radius 3 is 2.91 bits per heavy atom. The summed E-state index contributed by atoms with van der Waals surface area (Å²) in [6, 6.07) is 15.0. The van der Waals surface area contributed by atoms with E-state index in [4.69, 9.17) is 16.6 Å². The van der Waals surface area contributed by atoms with Crippen molar-refractivity contribution in [1.29, 1.82) is 0 Å². The molecule has 3 atom stereocenters. The molecule has 2 aliphatic heterocycles. The SMILES string of the molecule is CC[C@H]1CSC2=N[C@@H](c3ccccn3)[C@@H](c3cccc(Cl)c3)N21. The highest BCUT2D eigenvalue weighted by molar-refractivity contribution is 8.14. The molecule has 118 valence electrons. The van der Waals surface area contributed by atoms with Gasteiger partial charge in [-0.05, 0) is 36.2 Å². The lowest BCUT2D eigenvalue weighted by atomic mass is 9.95. The van der Waals surface area contributed by atoms with Gasteiger partial charge < -0.3 is 4.90 Å². The third-order valence-electron chi connectivity index (χ3n) is 4.52. The quantitative estimate of drug-likeness (QED) is 0.807. The van der Waals surface area contributed by atoms with Gasteiger partial charge in [0.2, 0.25) is 0 Å². The van der Waals surface area contributed by atoms with Crippen LogP contribution in [0.15, 0.2) is 53.7 Å². The standard InChI is InChI=1S/C18H18ClN3S/c1-2-14-11-23-18-21-16(15-8-3-4-9-20-15)17(22(14)18)12-6-5-7-13(19)10-12/h3-10,14,16-17H,2,11H2,1H3/t14-,16-,17+/m0/s1. The number of pyridine rings is 1. The van der Waals surface area contributed by atoms with Crippen LogP contribution in [0.5, 0.6) is 0 Å². The van der Waals surface area contributed by atoms with E-state index in [1.54, 1.807) is 0 Å². The number of hydrogen-bond donors (Lipinski definition) is 0. The first-order valence-corrected chi connectivity index (χ1v) is 9.29. The highest BCUT2D eigenvalue weighted by atomic mass is 35.5. The zero-order chi connectivity index (χ0) is 15.8. The molecule has 3 nitrogen and oxygen atoms in total. The predicted octanol–water partition coefficient (Wildman–Crippen LogP) is 4.71. The monoisotopic (exact) mass is 343 g/mol. The van der Waals surface area contributed by atoms with Crippen LogP contribution in [0, 0.1) is 0 Å². The maximum Gasteiger partial charge on any atom is 0.160 e. The van der Waals surface area contributed by atoms with E-state index in [1.165, 1.54) is 5.56 Å². The first kappa shape index (κ1) is 15.0. The average molecular weight is 344 g/mol. The van der Waals surface area contributed by atoms with E-state index in [0.717, 1.165) is 28.1 Å². The fraction of sp³-hybridized carbons (Fsp3) is 0.333. The van der Waals surface area contributed by atoms with Crippen molar-refractivity contribution >= 4 is 28.5 Å². The van der Waals surface area contributed by atoms with E-state index in [2.05, 4.69) is 35.0 Å². The fourth-order valence-electron chi connectivity index (χ4n) is 3.40. The van der Waals surface area contributed by atoms with Crippen LogP contribution in [0.4, 0.5) is 0 Å². The van der Waals surface area contributed by atoms with Gasteiger partial charge >= 0.3 is 0 Å². The summed E-state index contributed by atoms with van der Waals surface area (Å²) < 4.78 is 0. The Morgan fingerprint density at radius 2 is 2.17 bits per heavy atom. The molecule has 0 spiro atoms. The van der Waals surface area contributed by atoms with Gasteiger partial charge in [0.05, 0.1) is 11.7 Å². The van der Waals surface area contributed by atoms with Crippen LogP contribution in [0.25, 0.3) is 0 Å². The van der Waals surface area contributed by atoms with Crippen molar-refractivity contribution in [3.8, 4) is 0 Å². The molecule has 0 radical (unpaired) electrons. The van der Waals surface area contributed by atoms with Crippen LogP contribution in [0.3, 0.4) is 0 Å². The van der Waals surface area contributed by atoms with Gasteiger partial charge in [-0.25, -0.2) is 0 Å². The van der Waals surface area contributed by atoms with E-state index in [1.807, 2.05) is 42.2 Å². The zero-order valence-corrected chi connectivity index (χ0v) is 14.5. The number of nitrogens with zero attached hydrogens (tertiary/aromatic N) is 3. The Bertz CT molecular complexity index is 734. The molecule has 2 aromatic rings. The van der Waals surface area contributed by atoms with Gasteiger partial charge in [-0.2, -0.15) is 0 Å². The summed E-state index contributed by atoms with van der Waals surface area (Å²) >= 11 is 8.12. The number of thioether (sulfide) groups is 1. The van der Waals surface area contributed by atoms with Gasteiger partial charge in [0, 0.05) is 23.0 Å². The van der Waals surface area contributed by atoms with Gasteiger partial charge in [0.25, 0.3) is 0 Å². The summed E-state index contributed by atoms with van der Waals surface area (Å²) in [6.07, 6.45) is 2.97. The first-order valence-electron chi connectivity index (χ1n) is 7.93. The van der Waals surface area contributed by atoms with Crippen molar-refractivity contribution in [2.45, 2.75) is 31.5 Å². The van der Waals surface area contributed by atoms with Crippen molar-refractivity contribution in [3.05, 3.63) is 64.9 Å². The summed E-state index contributed by atoms with van der Waals surface area (Å²) in [5, 5.41) is 1.92. The van der Waals surface area contributed by atoms with E-state index in [-0.39, 0.29) is 12.1 Å². The lowest BCUT2D eigenvalue weighted by Crippen LogP contribution is -2.35. The maximum atomic E-state index is 6.25. The molecule has 3 heterocycles. The second kappa shape index (κ2) is 6.17. The molecule has 0 saturated carbocycles. The van der Waals surface area contributed by atoms with Crippen molar-refractivity contribution in [2.75, 3.05) is 5.75 Å². The topological polar surface area (TPSA) is 28.5 Å². The molecule has 0 bridgehead atoms. The van der Waals surface area contributed by atoms with Gasteiger partial charge in [0.15, 0.2) is 5.17 Å². The summed E-state index contributed by atoms with van der Waals surface area (Å²) in [4.78, 5) is 12.0. The summed E-state index contributed by atoms with van der Waals surface area (Å²) in [5.74, 6) is 1.11. The molecule has 2 aliphatic rings. The molecule has 0 N–H and O–H groups in total. The molecule has 0 unspecified atom stereocenters. The van der Waals surface area contributed by atoms with Crippen molar-refractivity contribution in [1.82, 2.24) is 9.88 Å². The minimum absolute atomic E-state index is 0.0338. The van der Waals surface area contributed by atoms with Crippen molar-refractivity contribution in [2.24, 2.45) is 4.99 Å². The lowest BCUT2D eigenvalue weighted by molar-refractivity contribution is 0.255. The Balaban J connectivity index is 1.80. The van der Waals surface area contributed by atoms with Crippen LogP contribution in [-0.4, -0.2) is 26.8 Å². The average Bonchev–Trinajstić information content (AvgIpc) is 3.14. The molecule has 1 saturated heterocycles. The Hall–Kier alpha value is -1.52. The molecule has 0 amide bonds. The molecule has 1 aromatic heterocycles. The first-order chi connectivity index (χ1) is 11.3. The highest BCUT2D eigenvalue weighted by Crippen LogP contribution is 2.48. The van der Waals surface area contributed by atoms with Crippen LogP contribution < -0.4 is 0 Å². The largest absolute Gasteiger partial charge is 0.338 e. The van der Waals surface area contributed by atoms with E-state index in [0.29, 0.717) is 6.04 Å². The van der Waals surface area contributed by atoms with Crippen LogP contribution in [0.1, 0.15) is 36.7 Å². The third-order valence-corrected chi connectivity index (χ3v) is 5.88. The van der Waals surface area contributed by atoms with Crippen molar-refractivity contribution in [3.63, 3.8) is 0 Å². The minimum Gasteiger partial charge on any atom is -0.338 e. The molecule has 0 aliphatic carbocycles. The molecule has 23 heavy (non-hydrogen) atoms. The molecular formula is C18H18ClN3S. The van der Waals surface area contributed by atoms with E-state index < -0.39 is 0 Å². The smallest absolute Gasteiger partial charge is 0.160 e. The van der Waals surface area contributed by atoms with Crippen molar-refractivity contribution < 1.29 is 0 Å². The van der Waals surface area contributed by atoms with Crippen LogP contribution in [-0.2, 0) is 0 Å². The maximum absolute atomic E-state index is 6.25. The summed E-state index contributed by atoms with van der Waals surface area (Å²) in [6.45, 7) is 2.25. The van der Waals surface area contributed by atoms with E-state index >= 15 is 0 Å². The highest BCUT2D eigenvalue weighted by Gasteiger charge is 2.45. The number of fused-ring (bicyclic) bond motifs is 1. The van der Waals surface area contributed by atoms with E-state index in [9.17, 15) is 0 Å². The van der Waals surface area contributed by atoms with Crippen LogP contribution >= 0.6 is 23.4 Å². The second-order valence-corrected chi connectivity index (χ2v) is 7.31. The molecule has 1 aromatic carbocycles. The molecule has 1 fully saturated rings. The lowest BCUT2D eigenvalue weighted by Gasteiger charge is -2.32.